The lowest BCUT2D eigenvalue weighted by Crippen LogP contribution is -2.40. The molecule has 0 unspecified atom stereocenters. The van der Waals surface area contributed by atoms with Gasteiger partial charge in [0.1, 0.15) is 0 Å². The summed E-state index contributed by atoms with van der Waals surface area (Å²) in [4.78, 5) is 34.6. The van der Waals surface area contributed by atoms with Crippen molar-refractivity contribution >= 4 is 28.6 Å². The smallest absolute Gasteiger partial charge is 0.262 e. The number of amides is 1. The molecule has 33 heavy (non-hydrogen) atoms. The van der Waals surface area contributed by atoms with E-state index in [-0.39, 0.29) is 43.2 Å². The Morgan fingerprint density at radius 3 is 2.24 bits per heavy atom. The standard InChI is InChI=1S/C24H32N6O2S/c1-18(2)29(19(3)4)15-16-30-23(32)20-9-5-6-10-21(20)27-24(30)33-17-22(31)28(13-7-11-25)14-8-12-26/h5-6,9-10,18-19H,7-8,13-17H2,1-4H3. The molecular weight excluding hydrogens is 436 g/mol. The summed E-state index contributed by atoms with van der Waals surface area (Å²) in [7, 11) is 0. The summed E-state index contributed by atoms with van der Waals surface area (Å²) in [6.07, 6.45) is 0.419. The lowest BCUT2D eigenvalue weighted by Gasteiger charge is -2.30. The highest BCUT2D eigenvalue weighted by molar-refractivity contribution is 7.99. The SMILES string of the molecule is CC(C)N(CCn1c(SCC(=O)N(CCC#N)CCC#N)nc2ccccc2c1=O)C(C)C. The van der Waals surface area contributed by atoms with E-state index in [2.05, 4.69) is 32.6 Å². The van der Waals surface area contributed by atoms with Crippen LogP contribution < -0.4 is 5.56 Å². The fourth-order valence-electron chi connectivity index (χ4n) is 3.73. The van der Waals surface area contributed by atoms with Gasteiger partial charge in [0.25, 0.3) is 5.56 Å². The third-order valence-electron chi connectivity index (χ3n) is 5.40. The number of para-hydroxylation sites is 1. The lowest BCUT2D eigenvalue weighted by atomic mass is 10.2. The summed E-state index contributed by atoms with van der Waals surface area (Å²) in [5, 5.41) is 18.8. The van der Waals surface area contributed by atoms with Gasteiger partial charge in [0.05, 0.1) is 41.6 Å². The highest BCUT2D eigenvalue weighted by atomic mass is 32.2. The molecule has 1 amide bonds. The van der Waals surface area contributed by atoms with Crippen LogP contribution in [0, 0.1) is 22.7 Å². The molecule has 1 aromatic carbocycles. The highest BCUT2D eigenvalue weighted by Gasteiger charge is 2.19. The van der Waals surface area contributed by atoms with Crippen LogP contribution in [-0.2, 0) is 11.3 Å². The Labute approximate surface area is 199 Å². The van der Waals surface area contributed by atoms with Gasteiger partial charge in [-0.3, -0.25) is 19.1 Å². The minimum absolute atomic E-state index is 0.0830. The van der Waals surface area contributed by atoms with Crippen molar-refractivity contribution in [2.75, 3.05) is 25.4 Å². The number of thioether (sulfide) groups is 1. The Bertz CT molecular complexity index is 1060. The Balaban J connectivity index is 2.30. The van der Waals surface area contributed by atoms with E-state index in [4.69, 9.17) is 15.5 Å². The van der Waals surface area contributed by atoms with Crippen molar-refractivity contribution in [2.24, 2.45) is 0 Å². The average molecular weight is 469 g/mol. The van der Waals surface area contributed by atoms with Gasteiger partial charge in [0, 0.05) is 38.3 Å². The average Bonchev–Trinajstić information content (AvgIpc) is 2.78. The van der Waals surface area contributed by atoms with Crippen molar-refractivity contribution < 1.29 is 4.79 Å². The third-order valence-corrected chi connectivity index (χ3v) is 6.36. The zero-order valence-electron chi connectivity index (χ0n) is 19.8. The molecule has 0 spiro atoms. The van der Waals surface area contributed by atoms with Gasteiger partial charge in [0.15, 0.2) is 5.16 Å². The van der Waals surface area contributed by atoms with E-state index in [0.29, 0.717) is 41.2 Å². The molecule has 0 saturated carbocycles. The largest absolute Gasteiger partial charge is 0.340 e. The van der Waals surface area contributed by atoms with Crippen molar-refractivity contribution in [1.29, 1.82) is 10.5 Å². The molecule has 0 bridgehead atoms. The summed E-state index contributed by atoms with van der Waals surface area (Å²) < 4.78 is 1.66. The van der Waals surface area contributed by atoms with Gasteiger partial charge >= 0.3 is 0 Å². The van der Waals surface area contributed by atoms with Crippen molar-refractivity contribution in [3.05, 3.63) is 34.6 Å². The van der Waals surface area contributed by atoms with Gasteiger partial charge in [-0.25, -0.2) is 4.98 Å². The van der Waals surface area contributed by atoms with Gasteiger partial charge in [0.2, 0.25) is 5.91 Å². The summed E-state index contributed by atoms with van der Waals surface area (Å²) in [6, 6.07) is 12.0. The maximum absolute atomic E-state index is 13.3. The molecule has 0 aliphatic carbocycles. The molecule has 0 atom stereocenters. The first-order chi connectivity index (χ1) is 15.8. The van der Waals surface area contributed by atoms with Crippen LogP contribution in [0.1, 0.15) is 40.5 Å². The third kappa shape index (κ3) is 7.31. The highest BCUT2D eigenvalue weighted by Crippen LogP contribution is 2.19. The number of hydrogen-bond donors (Lipinski definition) is 0. The van der Waals surface area contributed by atoms with Gasteiger partial charge in [-0.05, 0) is 39.8 Å². The second-order valence-corrected chi connectivity index (χ2v) is 9.22. The van der Waals surface area contributed by atoms with Crippen molar-refractivity contribution in [3.8, 4) is 12.1 Å². The quantitative estimate of drug-likeness (QED) is 0.348. The minimum Gasteiger partial charge on any atom is -0.340 e. The molecule has 8 nitrogen and oxygen atoms in total. The van der Waals surface area contributed by atoms with Crippen LogP contribution in [0.3, 0.4) is 0 Å². The van der Waals surface area contributed by atoms with E-state index in [1.165, 1.54) is 16.7 Å². The van der Waals surface area contributed by atoms with Gasteiger partial charge in [-0.15, -0.1) is 0 Å². The first-order valence-electron chi connectivity index (χ1n) is 11.2. The second-order valence-electron chi connectivity index (χ2n) is 8.28. The van der Waals surface area contributed by atoms with E-state index in [1.807, 2.05) is 24.3 Å². The molecule has 0 saturated heterocycles. The van der Waals surface area contributed by atoms with E-state index >= 15 is 0 Å². The fraction of sp³-hybridized carbons (Fsp3) is 0.542. The first-order valence-corrected chi connectivity index (χ1v) is 12.2. The van der Waals surface area contributed by atoms with Crippen LogP contribution >= 0.6 is 11.8 Å². The van der Waals surface area contributed by atoms with Gasteiger partial charge in [-0.1, -0.05) is 23.9 Å². The maximum Gasteiger partial charge on any atom is 0.262 e. The molecular formula is C24H32N6O2S. The van der Waals surface area contributed by atoms with E-state index in [1.54, 1.807) is 16.7 Å². The summed E-state index contributed by atoms with van der Waals surface area (Å²) in [5.74, 6) is -0.0925. The van der Waals surface area contributed by atoms with Crippen LogP contribution in [0.25, 0.3) is 10.9 Å². The monoisotopic (exact) mass is 468 g/mol. The first kappa shape index (κ1) is 26.4. The summed E-state index contributed by atoms with van der Waals surface area (Å²) in [6.45, 7) is 10.3. The molecule has 9 heteroatoms. The molecule has 1 aromatic heterocycles. The Morgan fingerprint density at radius 2 is 1.67 bits per heavy atom. The Morgan fingerprint density at radius 1 is 1.06 bits per heavy atom. The number of hydrogen-bond acceptors (Lipinski definition) is 7. The number of carbonyl (C=O) groups excluding carboxylic acids is 1. The van der Waals surface area contributed by atoms with E-state index in [9.17, 15) is 9.59 Å². The predicted octanol–water partition coefficient (Wildman–Crippen LogP) is 3.26. The zero-order chi connectivity index (χ0) is 24.4. The maximum atomic E-state index is 13.3. The van der Waals surface area contributed by atoms with E-state index in [0.717, 1.165) is 0 Å². The number of nitrogens with zero attached hydrogens (tertiary/aromatic N) is 6. The number of aromatic nitrogens is 2. The van der Waals surface area contributed by atoms with E-state index < -0.39 is 0 Å². The van der Waals surface area contributed by atoms with Crippen LogP contribution in [0.5, 0.6) is 0 Å². The molecule has 0 N–H and O–H groups in total. The minimum atomic E-state index is -0.176. The van der Waals surface area contributed by atoms with Gasteiger partial charge in [-0.2, -0.15) is 10.5 Å². The summed E-state index contributed by atoms with van der Waals surface area (Å²) >= 11 is 1.22. The second kappa shape index (κ2) is 13.0. The Hall–Kier alpha value is -2.88. The number of nitriles is 2. The van der Waals surface area contributed by atoms with Crippen molar-refractivity contribution in [2.45, 2.75) is 64.3 Å². The molecule has 0 radical (unpaired) electrons. The Kier molecular flexibility index (Phi) is 10.4. The topological polar surface area (TPSA) is 106 Å². The molecule has 176 valence electrons. The van der Waals surface area contributed by atoms with Crippen LogP contribution in [-0.4, -0.2) is 62.7 Å². The predicted molar refractivity (Wildman–Crippen MR) is 131 cm³/mol. The molecule has 0 aliphatic heterocycles. The number of benzene rings is 1. The van der Waals surface area contributed by atoms with Crippen molar-refractivity contribution in [3.63, 3.8) is 0 Å². The zero-order valence-corrected chi connectivity index (χ0v) is 20.6. The molecule has 2 rings (SSSR count). The van der Waals surface area contributed by atoms with Crippen molar-refractivity contribution in [1.82, 2.24) is 19.4 Å². The molecule has 0 fully saturated rings. The van der Waals surface area contributed by atoms with Crippen LogP contribution in [0.2, 0.25) is 0 Å². The summed E-state index contributed by atoms with van der Waals surface area (Å²) in [5.41, 5.74) is 0.484. The molecule has 0 aliphatic rings. The van der Waals surface area contributed by atoms with Crippen LogP contribution in [0.15, 0.2) is 34.2 Å². The molecule has 2 aromatic rings. The lowest BCUT2D eigenvalue weighted by molar-refractivity contribution is -0.128. The number of rotatable bonds is 12. The number of carbonyl (C=O) groups is 1. The van der Waals surface area contributed by atoms with Crippen LogP contribution in [0.4, 0.5) is 0 Å². The normalized spacial score (nSPS) is 11.2. The fourth-order valence-corrected chi connectivity index (χ4v) is 4.66. The van der Waals surface area contributed by atoms with Gasteiger partial charge < -0.3 is 4.90 Å². The number of fused-ring (bicyclic) bond motifs is 1. The molecule has 1 heterocycles.